The number of hydrogen-bond acceptors (Lipinski definition) is 4. The Labute approximate surface area is 125 Å². The van der Waals surface area contributed by atoms with Crippen LogP contribution in [-0.4, -0.2) is 27.2 Å². The Morgan fingerprint density at radius 3 is 2.48 bits per heavy atom. The molecule has 1 aliphatic carbocycles. The minimum atomic E-state index is 0.520. The minimum absolute atomic E-state index is 0.520. The van der Waals surface area contributed by atoms with Gasteiger partial charge in [0.15, 0.2) is 5.82 Å². The van der Waals surface area contributed by atoms with Gasteiger partial charge in [-0.3, -0.25) is 5.10 Å². The van der Waals surface area contributed by atoms with Crippen LogP contribution < -0.4 is 4.90 Å². The molecule has 2 aromatic heterocycles. The van der Waals surface area contributed by atoms with Crippen LogP contribution in [0.5, 0.6) is 0 Å². The lowest BCUT2D eigenvalue weighted by Crippen LogP contribution is -2.16. The first-order valence-electron chi connectivity index (χ1n) is 7.75. The maximum atomic E-state index is 4.80. The quantitative estimate of drug-likeness (QED) is 0.935. The summed E-state index contributed by atoms with van der Waals surface area (Å²) in [5, 5.41) is 7.28. The number of aromatic nitrogens is 4. The van der Waals surface area contributed by atoms with Crippen LogP contribution in [0.15, 0.2) is 12.1 Å². The molecule has 0 aromatic carbocycles. The second-order valence-electron chi connectivity index (χ2n) is 6.03. The van der Waals surface area contributed by atoms with Crippen LogP contribution in [0.2, 0.25) is 0 Å². The van der Waals surface area contributed by atoms with Crippen LogP contribution in [0.3, 0.4) is 0 Å². The average molecular weight is 285 g/mol. The van der Waals surface area contributed by atoms with E-state index in [-0.39, 0.29) is 0 Å². The Kier molecular flexibility index (Phi) is 3.90. The molecule has 5 nitrogen and oxygen atoms in total. The van der Waals surface area contributed by atoms with Crippen molar-refractivity contribution in [2.75, 3.05) is 11.9 Å². The van der Waals surface area contributed by atoms with Gasteiger partial charge in [-0.25, -0.2) is 9.97 Å². The molecule has 0 amide bonds. The Balaban J connectivity index is 1.89. The van der Waals surface area contributed by atoms with Gasteiger partial charge in [-0.1, -0.05) is 19.3 Å². The van der Waals surface area contributed by atoms with E-state index in [4.69, 9.17) is 4.98 Å². The van der Waals surface area contributed by atoms with Gasteiger partial charge in [0.25, 0.3) is 0 Å². The lowest BCUT2D eigenvalue weighted by atomic mass is 9.88. The van der Waals surface area contributed by atoms with E-state index in [1.807, 2.05) is 37.9 Å². The Morgan fingerprint density at radius 2 is 1.81 bits per heavy atom. The Morgan fingerprint density at radius 1 is 1.05 bits per heavy atom. The third kappa shape index (κ3) is 3.06. The van der Waals surface area contributed by atoms with Crippen LogP contribution in [0.4, 0.5) is 11.6 Å². The summed E-state index contributed by atoms with van der Waals surface area (Å²) in [5.41, 5.74) is 2.08. The number of aryl methyl sites for hydroxylation is 2. The Bertz CT molecular complexity index is 613. The smallest absolute Gasteiger partial charge is 0.155 e. The summed E-state index contributed by atoms with van der Waals surface area (Å²) < 4.78 is 0. The van der Waals surface area contributed by atoms with E-state index in [9.17, 15) is 0 Å². The van der Waals surface area contributed by atoms with Crippen LogP contribution in [0.1, 0.15) is 55.2 Å². The van der Waals surface area contributed by atoms with Gasteiger partial charge in [0.2, 0.25) is 0 Å². The van der Waals surface area contributed by atoms with Crippen LogP contribution in [0.25, 0.3) is 0 Å². The molecule has 5 heteroatoms. The maximum absolute atomic E-state index is 4.80. The highest BCUT2D eigenvalue weighted by Crippen LogP contribution is 2.32. The third-order valence-electron chi connectivity index (χ3n) is 4.21. The van der Waals surface area contributed by atoms with Crippen molar-refractivity contribution in [3.8, 4) is 0 Å². The summed E-state index contributed by atoms with van der Waals surface area (Å²) in [6.45, 7) is 4.05. The van der Waals surface area contributed by atoms with Gasteiger partial charge in [0, 0.05) is 36.5 Å². The zero-order valence-corrected chi connectivity index (χ0v) is 13.1. The van der Waals surface area contributed by atoms with Crippen molar-refractivity contribution in [2.45, 2.75) is 51.9 Å². The second-order valence-corrected chi connectivity index (χ2v) is 6.03. The molecule has 0 saturated heterocycles. The first-order valence-corrected chi connectivity index (χ1v) is 7.75. The Hall–Kier alpha value is -1.91. The van der Waals surface area contributed by atoms with Gasteiger partial charge in [-0.2, -0.15) is 5.10 Å². The van der Waals surface area contributed by atoms with Crippen molar-refractivity contribution >= 4 is 11.6 Å². The van der Waals surface area contributed by atoms with Crippen molar-refractivity contribution in [2.24, 2.45) is 0 Å². The molecule has 1 N–H and O–H groups in total. The SMILES string of the molecule is Cc1cc(N(C)c2cc(C)[nH]n2)nc(C2CCCCC2)n1. The van der Waals surface area contributed by atoms with Crippen molar-refractivity contribution in [3.63, 3.8) is 0 Å². The molecule has 0 aliphatic heterocycles. The highest BCUT2D eigenvalue weighted by atomic mass is 15.3. The molecule has 21 heavy (non-hydrogen) atoms. The van der Waals surface area contributed by atoms with E-state index in [0.717, 1.165) is 28.8 Å². The lowest BCUT2D eigenvalue weighted by Gasteiger charge is -2.22. The molecule has 3 rings (SSSR count). The van der Waals surface area contributed by atoms with Crippen LogP contribution in [0, 0.1) is 13.8 Å². The molecule has 2 heterocycles. The second kappa shape index (κ2) is 5.84. The molecule has 1 saturated carbocycles. The van der Waals surface area contributed by atoms with E-state index in [1.165, 1.54) is 32.1 Å². The number of hydrogen-bond donors (Lipinski definition) is 1. The first-order chi connectivity index (χ1) is 10.1. The maximum Gasteiger partial charge on any atom is 0.155 e. The fraction of sp³-hybridized carbons (Fsp3) is 0.562. The lowest BCUT2D eigenvalue weighted by molar-refractivity contribution is 0.428. The van der Waals surface area contributed by atoms with Gasteiger partial charge in [-0.15, -0.1) is 0 Å². The van der Waals surface area contributed by atoms with Crippen LogP contribution >= 0.6 is 0 Å². The molecule has 0 radical (unpaired) electrons. The zero-order chi connectivity index (χ0) is 14.8. The van der Waals surface area contributed by atoms with Gasteiger partial charge in [0.05, 0.1) is 0 Å². The largest absolute Gasteiger partial charge is 0.313 e. The molecule has 0 atom stereocenters. The summed E-state index contributed by atoms with van der Waals surface area (Å²) in [7, 11) is 2.00. The van der Waals surface area contributed by atoms with Gasteiger partial charge in [0.1, 0.15) is 11.6 Å². The fourth-order valence-corrected chi connectivity index (χ4v) is 2.98. The van der Waals surface area contributed by atoms with E-state index in [0.29, 0.717) is 5.92 Å². The van der Waals surface area contributed by atoms with Gasteiger partial charge >= 0.3 is 0 Å². The predicted octanol–water partition coefficient (Wildman–Crippen LogP) is 3.63. The summed E-state index contributed by atoms with van der Waals surface area (Å²) in [6, 6.07) is 4.05. The number of aromatic amines is 1. The number of anilines is 2. The summed E-state index contributed by atoms with van der Waals surface area (Å²) in [5.74, 6) is 3.34. The highest BCUT2D eigenvalue weighted by molar-refractivity contribution is 5.55. The molecule has 0 spiro atoms. The van der Waals surface area contributed by atoms with Crippen LogP contribution in [-0.2, 0) is 0 Å². The standard InChI is InChI=1S/C16H23N5/c1-11-9-14(21(3)15-10-12(2)19-20-15)18-16(17-11)13-7-5-4-6-8-13/h9-10,13H,4-8H2,1-3H3,(H,19,20). The summed E-state index contributed by atoms with van der Waals surface area (Å²) >= 11 is 0. The molecule has 1 fully saturated rings. The average Bonchev–Trinajstić information content (AvgIpc) is 2.93. The van der Waals surface area contributed by atoms with E-state index in [2.05, 4.69) is 15.2 Å². The molecule has 2 aromatic rings. The molecular weight excluding hydrogens is 262 g/mol. The van der Waals surface area contributed by atoms with E-state index >= 15 is 0 Å². The third-order valence-corrected chi connectivity index (χ3v) is 4.21. The van der Waals surface area contributed by atoms with Gasteiger partial charge < -0.3 is 4.90 Å². The monoisotopic (exact) mass is 285 g/mol. The topological polar surface area (TPSA) is 57.7 Å². The molecule has 112 valence electrons. The minimum Gasteiger partial charge on any atom is -0.313 e. The number of nitrogens with one attached hydrogen (secondary N) is 1. The molecule has 1 aliphatic rings. The predicted molar refractivity (Wildman–Crippen MR) is 84.0 cm³/mol. The summed E-state index contributed by atoms with van der Waals surface area (Å²) in [4.78, 5) is 11.5. The summed E-state index contributed by atoms with van der Waals surface area (Å²) in [6.07, 6.45) is 6.38. The molecule has 0 bridgehead atoms. The number of H-pyrrole nitrogens is 1. The van der Waals surface area contributed by atoms with Crippen molar-refractivity contribution < 1.29 is 0 Å². The molecule has 0 unspecified atom stereocenters. The van der Waals surface area contributed by atoms with Crippen molar-refractivity contribution in [3.05, 3.63) is 29.3 Å². The first kappa shape index (κ1) is 14.0. The van der Waals surface area contributed by atoms with Crippen molar-refractivity contribution in [1.82, 2.24) is 20.2 Å². The fourth-order valence-electron chi connectivity index (χ4n) is 2.98. The number of nitrogens with zero attached hydrogens (tertiary/aromatic N) is 4. The van der Waals surface area contributed by atoms with E-state index in [1.54, 1.807) is 0 Å². The van der Waals surface area contributed by atoms with Crippen molar-refractivity contribution in [1.29, 1.82) is 0 Å². The number of rotatable bonds is 3. The zero-order valence-electron chi connectivity index (χ0n) is 13.1. The van der Waals surface area contributed by atoms with E-state index < -0.39 is 0 Å². The van der Waals surface area contributed by atoms with Gasteiger partial charge in [-0.05, 0) is 26.7 Å². The molecular formula is C16H23N5. The highest BCUT2D eigenvalue weighted by Gasteiger charge is 2.20. The normalized spacial score (nSPS) is 16.1.